The van der Waals surface area contributed by atoms with Crippen LogP contribution in [0.3, 0.4) is 0 Å². The Kier molecular flexibility index (Phi) is 12.8. The fraction of sp³-hybridized carbons (Fsp3) is 0.391. The number of carbonyl (C=O) groups excluding carboxylic acids is 4. The minimum Gasteiger partial charge on any atom is -0.444 e. The van der Waals surface area contributed by atoms with E-state index in [9.17, 15) is 32.8 Å². The highest BCUT2D eigenvalue weighted by atomic mass is 19.3. The molecule has 1 unspecified atom stereocenters. The van der Waals surface area contributed by atoms with Gasteiger partial charge in [0.1, 0.15) is 12.0 Å². The monoisotopic (exact) mass is 862 g/mol. The zero-order valence-electron chi connectivity index (χ0n) is 35.1. The van der Waals surface area contributed by atoms with Crippen LogP contribution in [0.5, 0.6) is 0 Å². The van der Waals surface area contributed by atoms with Gasteiger partial charge < -0.3 is 19.4 Å². The topological polar surface area (TPSA) is 176 Å². The van der Waals surface area contributed by atoms with Crippen LogP contribution in [0, 0.1) is 5.92 Å². The molecule has 0 aliphatic heterocycles. The predicted octanol–water partition coefficient (Wildman–Crippen LogP) is 7.08. The lowest BCUT2D eigenvalue weighted by Crippen LogP contribution is -2.34. The van der Waals surface area contributed by atoms with Gasteiger partial charge in [0.2, 0.25) is 5.89 Å². The van der Waals surface area contributed by atoms with E-state index in [1.54, 1.807) is 60.1 Å². The molecule has 0 radical (unpaired) electrons. The van der Waals surface area contributed by atoms with Gasteiger partial charge in [0, 0.05) is 63.3 Å². The molecular formula is C46H48F2N8O7. The number of rotatable bonds is 18. The fourth-order valence-corrected chi connectivity index (χ4v) is 8.08. The van der Waals surface area contributed by atoms with Crippen molar-refractivity contribution in [2.75, 3.05) is 32.1 Å². The molecule has 2 aromatic carbocycles. The van der Waals surface area contributed by atoms with E-state index in [1.165, 1.54) is 34.6 Å². The third-order valence-electron chi connectivity index (χ3n) is 11.7. The number of alkyl halides is 2. The van der Waals surface area contributed by atoms with Crippen molar-refractivity contribution in [2.24, 2.45) is 13.0 Å². The molecule has 8 rings (SSSR count). The Morgan fingerprint density at radius 3 is 2.57 bits per heavy atom. The molecule has 2 aliphatic rings. The Balaban J connectivity index is 0.804. The summed E-state index contributed by atoms with van der Waals surface area (Å²) in [5.74, 6) is -0.320. The molecule has 2 fully saturated rings. The Labute approximate surface area is 361 Å². The Morgan fingerprint density at radius 2 is 1.81 bits per heavy atom. The van der Waals surface area contributed by atoms with Crippen molar-refractivity contribution in [2.45, 2.75) is 76.7 Å². The number of benzene rings is 2. The number of imidazole rings is 1. The van der Waals surface area contributed by atoms with Crippen LogP contribution in [-0.4, -0.2) is 84.0 Å². The molecule has 15 nitrogen and oxygen atoms in total. The quantitative estimate of drug-likeness (QED) is 0.0694. The summed E-state index contributed by atoms with van der Waals surface area (Å²) < 4.78 is 44.0. The number of para-hydroxylation sites is 1. The van der Waals surface area contributed by atoms with Crippen LogP contribution >= 0.6 is 0 Å². The lowest BCUT2D eigenvalue weighted by Gasteiger charge is -2.21. The van der Waals surface area contributed by atoms with E-state index < -0.39 is 24.1 Å². The number of amides is 2. The number of hydrogen-bond acceptors (Lipinski definition) is 10. The highest BCUT2D eigenvalue weighted by Gasteiger charge is 2.32. The number of nitrogens with one attached hydrogen (secondary N) is 1. The lowest BCUT2D eigenvalue weighted by atomic mass is 9.92. The van der Waals surface area contributed by atoms with Crippen molar-refractivity contribution in [3.05, 3.63) is 112 Å². The number of anilines is 1. The van der Waals surface area contributed by atoms with Gasteiger partial charge in [0.25, 0.3) is 18.2 Å². The van der Waals surface area contributed by atoms with Crippen LogP contribution in [0.25, 0.3) is 28.2 Å². The van der Waals surface area contributed by atoms with Gasteiger partial charge >= 0.3 is 5.69 Å². The van der Waals surface area contributed by atoms with Crippen molar-refractivity contribution in [3.8, 4) is 17.1 Å². The van der Waals surface area contributed by atoms with E-state index in [0.717, 1.165) is 35.5 Å². The highest BCUT2D eigenvalue weighted by Crippen LogP contribution is 2.34. The van der Waals surface area contributed by atoms with Gasteiger partial charge in [-0.2, -0.15) is 5.10 Å². The first-order chi connectivity index (χ1) is 30.4. The SMILES string of the molecule is CN(CCCOCCCc1cccc2c1n(C)c(=O)n2C1CCC(=O)CC1=O)C(=O)c1ccc(-n2cc(NC(=O)c3coc(-c4ccnc(CCC5CC5)c4)n3)c(C(F)F)n2)cc1. The van der Waals surface area contributed by atoms with Crippen molar-refractivity contribution in [1.29, 1.82) is 0 Å². The molecule has 2 saturated carbocycles. The molecule has 0 saturated heterocycles. The van der Waals surface area contributed by atoms with E-state index in [-0.39, 0.29) is 53.3 Å². The molecule has 6 aromatic rings. The largest absolute Gasteiger partial charge is 0.444 e. The average molecular weight is 863 g/mol. The average Bonchev–Trinajstić information content (AvgIpc) is 3.68. The van der Waals surface area contributed by atoms with Gasteiger partial charge in [-0.1, -0.05) is 25.0 Å². The number of aromatic nitrogens is 6. The number of Topliss-reactive ketones (excluding diaryl/α,β-unsaturated/α-hetero) is 2. The molecular weight excluding hydrogens is 815 g/mol. The molecule has 0 spiro atoms. The number of nitrogens with zero attached hydrogens (tertiary/aromatic N) is 7. The smallest absolute Gasteiger partial charge is 0.329 e. The van der Waals surface area contributed by atoms with Crippen molar-refractivity contribution >= 4 is 40.1 Å². The summed E-state index contributed by atoms with van der Waals surface area (Å²) in [6.45, 7) is 1.32. The van der Waals surface area contributed by atoms with E-state index in [0.29, 0.717) is 67.8 Å². The number of fused-ring (bicyclic) bond motifs is 1. The second-order valence-corrected chi connectivity index (χ2v) is 16.3. The molecule has 4 aromatic heterocycles. The molecule has 1 atom stereocenters. The molecule has 328 valence electrons. The lowest BCUT2D eigenvalue weighted by molar-refractivity contribution is -0.132. The van der Waals surface area contributed by atoms with Crippen molar-refractivity contribution in [3.63, 3.8) is 0 Å². The Bertz CT molecular complexity index is 2710. The minimum absolute atomic E-state index is 0.0871. The van der Waals surface area contributed by atoms with E-state index in [4.69, 9.17) is 9.15 Å². The second-order valence-electron chi connectivity index (χ2n) is 16.3. The van der Waals surface area contributed by atoms with Gasteiger partial charge in [-0.3, -0.25) is 33.3 Å². The molecule has 2 amide bonds. The maximum Gasteiger partial charge on any atom is 0.329 e. The summed E-state index contributed by atoms with van der Waals surface area (Å²) in [6, 6.07) is 15.0. The van der Waals surface area contributed by atoms with Gasteiger partial charge in [-0.05, 0) is 92.5 Å². The summed E-state index contributed by atoms with van der Waals surface area (Å²) in [4.78, 5) is 74.3. The highest BCUT2D eigenvalue weighted by molar-refractivity contribution is 6.04. The van der Waals surface area contributed by atoms with Crippen LogP contribution in [-0.2, 0) is 34.2 Å². The first-order valence-electron chi connectivity index (χ1n) is 21.2. The number of oxazole rings is 1. The number of carbonyl (C=O) groups is 4. The summed E-state index contributed by atoms with van der Waals surface area (Å²) >= 11 is 0. The molecule has 1 N–H and O–H groups in total. The van der Waals surface area contributed by atoms with Gasteiger partial charge in [0.15, 0.2) is 17.2 Å². The molecule has 17 heteroatoms. The normalized spacial score (nSPS) is 15.4. The van der Waals surface area contributed by atoms with Crippen molar-refractivity contribution in [1.82, 2.24) is 33.8 Å². The Morgan fingerprint density at radius 1 is 1.02 bits per heavy atom. The van der Waals surface area contributed by atoms with Crippen LogP contribution in [0.4, 0.5) is 14.5 Å². The third-order valence-corrected chi connectivity index (χ3v) is 11.7. The third kappa shape index (κ3) is 9.73. The summed E-state index contributed by atoms with van der Waals surface area (Å²) in [5.41, 5.74) is 3.58. The molecule has 2 aliphatic carbocycles. The Hall–Kier alpha value is -6.62. The first-order valence-corrected chi connectivity index (χ1v) is 21.2. The van der Waals surface area contributed by atoms with E-state index in [2.05, 4.69) is 20.4 Å². The number of hydrogen-bond donors (Lipinski definition) is 1. The van der Waals surface area contributed by atoms with Gasteiger partial charge in [-0.15, -0.1) is 0 Å². The zero-order valence-corrected chi connectivity index (χ0v) is 35.1. The molecule has 0 bridgehead atoms. The summed E-state index contributed by atoms with van der Waals surface area (Å²) in [6.07, 6.45) is 7.94. The van der Waals surface area contributed by atoms with Gasteiger partial charge in [-0.25, -0.2) is 23.2 Å². The summed E-state index contributed by atoms with van der Waals surface area (Å²) in [5, 5.41) is 6.51. The van der Waals surface area contributed by atoms with E-state index in [1.807, 2.05) is 24.3 Å². The van der Waals surface area contributed by atoms with Crippen LogP contribution < -0.4 is 11.0 Å². The van der Waals surface area contributed by atoms with Gasteiger partial charge in [0.05, 0.1) is 41.1 Å². The number of ether oxygens (including phenoxy) is 1. The standard InChI is InChI=1S/C46H48F2N8O7/c1-53(21-5-23-62-22-4-7-29-6-3-8-38-41(29)54(2)46(61)56(38)37-18-17-34(57)25-39(37)58)45(60)30-12-15-33(16-13-30)55-26-35(40(52-55)42(47)48)50-43(59)36-27-63-44(51-36)31-19-20-49-32(24-31)14-11-28-9-10-28/h3,6,8,12-13,15-16,19-20,24,26-28,37,42H,4-5,7,9-11,14,17-18,21-23,25H2,1-2H3,(H,50,59). The number of pyridine rings is 1. The second kappa shape index (κ2) is 18.8. The number of aryl methyl sites for hydroxylation is 3. The fourth-order valence-electron chi connectivity index (χ4n) is 8.08. The van der Waals surface area contributed by atoms with Crippen molar-refractivity contribution < 1.29 is 37.1 Å². The molecule has 4 heterocycles. The minimum atomic E-state index is -2.99. The zero-order chi connectivity index (χ0) is 44.2. The predicted molar refractivity (Wildman–Crippen MR) is 228 cm³/mol. The van der Waals surface area contributed by atoms with E-state index >= 15 is 0 Å². The van der Waals surface area contributed by atoms with Crippen LogP contribution in [0.2, 0.25) is 0 Å². The summed E-state index contributed by atoms with van der Waals surface area (Å²) in [7, 11) is 3.38. The maximum atomic E-state index is 14.1. The maximum absolute atomic E-state index is 14.1. The number of ketones is 2. The number of halogens is 2. The first kappa shape index (κ1) is 43.0. The van der Waals surface area contributed by atoms with Crippen LogP contribution in [0.1, 0.15) is 102 Å². The van der Waals surface area contributed by atoms with Crippen LogP contribution in [0.15, 0.2) is 82.5 Å². The molecule has 63 heavy (non-hydrogen) atoms.